The van der Waals surface area contributed by atoms with Gasteiger partial charge in [0.15, 0.2) is 28.8 Å². The number of esters is 2. The van der Waals surface area contributed by atoms with Gasteiger partial charge in [-0.25, -0.2) is 0 Å². The van der Waals surface area contributed by atoms with Crippen molar-refractivity contribution in [1.29, 1.82) is 0 Å². The molecule has 1 aliphatic heterocycles. The smallest absolute Gasteiger partial charge is 0.315 e. The van der Waals surface area contributed by atoms with Gasteiger partial charge in [-0.05, 0) is 68.0 Å². The van der Waals surface area contributed by atoms with Gasteiger partial charge in [-0.3, -0.25) is 19.4 Å². The lowest BCUT2D eigenvalue weighted by Gasteiger charge is -2.36. The Balaban J connectivity index is 1.81. The molecule has 0 saturated heterocycles. The zero-order chi connectivity index (χ0) is 29.7. The molecule has 41 heavy (non-hydrogen) atoms. The Morgan fingerprint density at radius 2 is 1.61 bits per heavy atom. The van der Waals surface area contributed by atoms with E-state index < -0.39 is 23.8 Å². The number of rotatable bonds is 10. The van der Waals surface area contributed by atoms with E-state index in [1.807, 2.05) is 32.0 Å². The molecule has 0 radical (unpaired) electrons. The lowest BCUT2D eigenvalue weighted by Crippen LogP contribution is -2.38. The summed E-state index contributed by atoms with van der Waals surface area (Å²) in [7, 11) is 3.16. The van der Waals surface area contributed by atoms with Crippen LogP contribution in [0.5, 0.6) is 23.0 Å². The maximum Gasteiger partial charge on any atom is 0.315 e. The number of carbonyl (C=O) groups is 3. The van der Waals surface area contributed by atoms with Gasteiger partial charge in [-0.15, -0.1) is 0 Å². The van der Waals surface area contributed by atoms with Crippen LogP contribution in [-0.2, 0) is 19.1 Å². The number of benzene rings is 2. The van der Waals surface area contributed by atoms with Gasteiger partial charge in [-0.2, -0.15) is 0 Å². The summed E-state index contributed by atoms with van der Waals surface area (Å²) in [5, 5.41) is 0. The minimum absolute atomic E-state index is 0.0809. The van der Waals surface area contributed by atoms with Gasteiger partial charge in [0.25, 0.3) is 0 Å². The van der Waals surface area contributed by atoms with Crippen LogP contribution in [0.2, 0.25) is 0 Å². The number of ketones is 1. The van der Waals surface area contributed by atoms with Crippen molar-refractivity contribution in [3.63, 3.8) is 0 Å². The molecule has 0 spiro atoms. The molecule has 1 unspecified atom stereocenters. The summed E-state index contributed by atoms with van der Waals surface area (Å²) in [5.41, 5.74) is 3.37. The van der Waals surface area contributed by atoms with Gasteiger partial charge in [-0.1, -0.05) is 19.1 Å². The Labute approximate surface area is 240 Å². The first-order valence-electron chi connectivity index (χ1n) is 13.9. The Bertz CT molecular complexity index is 1390. The third-order valence-electron chi connectivity index (χ3n) is 7.35. The van der Waals surface area contributed by atoms with Gasteiger partial charge in [0, 0.05) is 36.2 Å². The number of aliphatic imine (C=N–C) groups is 1. The van der Waals surface area contributed by atoms with Crippen LogP contribution in [0, 0.1) is 5.92 Å². The molecule has 9 heteroatoms. The van der Waals surface area contributed by atoms with Crippen LogP contribution in [0.1, 0.15) is 69.9 Å². The third kappa shape index (κ3) is 6.29. The summed E-state index contributed by atoms with van der Waals surface area (Å²) < 4.78 is 27.6. The average Bonchev–Trinajstić information content (AvgIpc) is 2.95. The van der Waals surface area contributed by atoms with E-state index in [1.165, 1.54) is 6.92 Å². The molecule has 0 amide bonds. The Morgan fingerprint density at radius 3 is 2.27 bits per heavy atom. The second-order valence-corrected chi connectivity index (χ2v) is 10.1. The van der Waals surface area contributed by atoms with E-state index in [0.29, 0.717) is 59.2 Å². The second kappa shape index (κ2) is 13.0. The first-order valence-corrected chi connectivity index (χ1v) is 13.9. The number of ether oxygens (including phenoxy) is 5. The average molecular weight is 564 g/mol. The molecule has 218 valence electrons. The minimum atomic E-state index is -0.782. The number of hydrogen-bond donors (Lipinski definition) is 0. The van der Waals surface area contributed by atoms with E-state index in [2.05, 4.69) is 0 Å². The van der Waals surface area contributed by atoms with Crippen molar-refractivity contribution in [2.45, 2.75) is 58.8 Å². The molecule has 2 aromatic rings. The van der Waals surface area contributed by atoms with E-state index in [0.717, 1.165) is 5.56 Å². The number of methoxy groups -OCH3 is 2. The highest BCUT2D eigenvalue weighted by molar-refractivity contribution is 6.09. The number of carbonyl (C=O) groups excluding carboxylic acids is 3. The van der Waals surface area contributed by atoms with Gasteiger partial charge in [0.05, 0.1) is 27.4 Å². The van der Waals surface area contributed by atoms with Crippen LogP contribution in [0.15, 0.2) is 52.7 Å². The molecule has 3 atom stereocenters. The van der Waals surface area contributed by atoms with E-state index in [-0.39, 0.29) is 30.5 Å². The second-order valence-electron chi connectivity index (χ2n) is 10.1. The van der Waals surface area contributed by atoms with Crippen LogP contribution < -0.4 is 18.9 Å². The van der Waals surface area contributed by atoms with Crippen molar-refractivity contribution in [3.05, 3.63) is 58.8 Å². The first kappa shape index (κ1) is 29.8. The molecule has 2 aliphatic rings. The molecular formula is C32H37NO8. The quantitative estimate of drug-likeness (QED) is 0.273. The molecular weight excluding hydrogens is 526 g/mol. The number of Topliss-reactive ketones (excluding diaryl/α,β-unsaturated/α-hetero) is 1. The molecule has 9 nitrogen and oxygen atoms in total. The lowest BCUT2D eigenvalue weighted by molar-refractivity contribution is -0.146. The predicted molar refractivity (Wildman–Crippen MR) is 153 cm³/mol. The monoisotopic (exact) mass is 563 g/mol. The van der Waals surface area contributed by atoms with Crippen molar-refractivity contribution >= 4 is 23.4 Å². The van der Waals surface area contributed by atoms with E-state index in [4.69, 9.17) is 28.7 Å². The Hall–Kier alpha value is -4.14. The number of hydrogen-bond acceptors (Lipinski definition) is 9. The van der Waals surface area contributed by atoms with Crippen LogP contribution >= 0.6 is 0 Å². The van der Waals surface area contributed by atoms with E-state index in [9.17, 15) is 14.4 Å². The first-order chi connectivity index (χ1) is 19.7. The zero-order valence-electron chi connectivity index (χ0n) is 24.4. The summed E-state index contributed by atoms with van der Waals surface area (Å²) in [6, 6.07) is 10.8. The van der Waals surface area contributed by atoms with E-state index in [1.54, 1.807) is 39.3 Å². The number of allylic oxidation sites excluding steroid dienone is 2. The molecule has 0 fully saturated rings. The minimum Gasteiger partial charge on any atom is -0.493 e. The maximum absolute atomic E-state index is 13.9. The van der Waals surface area contributed by atoms with Crippen LogP contribution in [-0.4, -0.2) is 50.9 Å². The highest BCUT2D eigenvalue weighted by atomic mass is 16.6. The Morgan fingerprint density at radius 1 is 0.927 bits per heavy atom. The van der Waals surface area contributed by atoms with Gasteiger partial charge < -0.3 is 23.7 Å². The molecule has 1 heterocycles. The van der Waals surface area contributed by atoms with Crippen LogP contribution in [0.3, 0.4) is 0 Å². The lowest BCUT2D eigenvalue weighted by atomic mass is 9.69. The summed E-state index contributed by atoms with van der Waals surface area (Å²) in [4.78, 5) is 43.9. The predicted octanol–water partition coefficient (Wildman–Crippen LogP) is 5.56. The van der Waals surface area contributed by atoms with Gasteiger partial charge in [0.2, 0.25) is 0 Å². The van der Waals surface area contributed by atoms with Crippen LogP contribution in [0.25, 0.3) is 0 Å². The fraction of sp³-hybridized carbons (Fsp3) is 0.438. The van der Waals surface area contributed by atoms with Gasteiger partial charge in [0.1, 0.15) is 5.92 Å². The Kier molecular flexibility index (Phi) is 9.47. The SMILES string of the molecule is CCCOC(=O)C1C(C)=NC2=C(C(=O)C[C@@H](c3ccc(OC)c(OC)c3)C2)[C@@H]1c1ccc(OC(C)=O)c(OCC)c1. The van der Waals surface area contributed by atoms with Crippen molar-refractivity contribution in [2.24, 2.45) is 10.9 Å². The molecule has 4 rings (SSSR count). The summed E-state index contributed by atoms with van der Waals surface area (Å²) >= 11 is 0. The normalized spacial score (nSPS) is 20.1. The van der Waals surface area contributed by atoms with Crippen molar-refractivity contribution in [1.82, 2.24) is 0 Å². The fourth-order valence-electron chi connectivity index (χ4n) is 5.59. The van der Waals surface area contributed by atoms with Crippen LogP contribution in [0.4, 0.5) is 0 Å². The highest BCUT2D eigenvalue weighted by Crippen LogP contribution is 2.48. The van der Waals surface area contributed by atoms with Crippen molar-refractivity contribution in [3.8, 4) is 23.0 Å². The molecule has 0 saturated carbocycles. The summed E-state index contributed by atoms with van der Waals surface area (Å²) in [5.74, 6) is -0.687. The zero-order valence-corrected chi connectivity index (χ0v) is 24.4. The fourth-order valence-corrected chi connectivity index (χ4v) is 5.59. The highest BCUT2D eigenvalue weighted by Gasteiger charge is 2.45. The third-order valence-corrected chi connectivity index (χ3v) is 7.35. The molecule has 1 aliphatic carbocycles. The summed E-state index contributed by atoms with van der Waals surface area (Å²) in [6.07, 6.45) is 1.44. The summed E-state index contributed by atoms with van der Waals surface area (Å²) in [6.45, 7) is 7.48. The maximum atomic E-state index is 13.9. The standard InChI is InChI=1S/C32H37NO8/c1-7-13-40-32(36)29-18(3)33-23-14-22(20-9-11-25(37-5)27(16-20)38-6)15-24(35)31(23)30(29)21-10-12-26(41-19(4)34)28(17-21)39-8-2/h9-12,16-17,22,29-30H,7-8,13-15H2,1-6H3/t22-,29?,30+/m0/s1. The topological polar surface area (TPSA) is 110 Å². The number of nitrogens with zero attached hydrogens (tertiary/aromatic N) is 1. The van der Waals surface area contributed by atoms with Crippen molar-refractivity contribution < 1.29 is 38.1 Å². The van der Waals surface area contributed by atoms with Crippen molar-refractivity contribution in [2.75, 3.05) is 27.4 Å². The molecule has 0 N–H and O–H groups in total. The van der Waals surface area contributed by atoms with E-state index >= 15 is 0 Å². The molecule has 0 aromatic heterocycles. The molecule has 2 aromatic carbocycles. The van der Waals surface area contributed by atoms with Gasteiger partial charge >= 0.3 is 11.9 Å². The largest absolute Gasteiger partial charge is 0.493 e. The molecule has 0 bridgehead atoms.